The second kappa shape index (κ2) is 6.73. The van der Waals surface area contributed by atoms with Gasteiger partial charge in [0.15, 0.2) is 5.69 Å². The van der Waals surface area contributed by atoms with Crippen LogP contribution in [0.25, 0.3) is 0 Å². The zero-order valence-electron chi connectivity index (χ0n) is 13.7. The maximum atomic E-state index is 12.4. The summed E-state index contributed by atoms with van der Waals surface area (Å²) in [5, 5.41) is 14.6. The van der Waals surface area contributed by atoms with Gasteiger partial charge < -0.3 is 10.6 Å². The molecule has 1 unspecified atom stereocenters. The molecule has 0 saturated carbocycles. The number of hydrogen-bond donors (Lipinski definition) is 2. The van der Waals surface area contributed by atoms with E-state index in [1.54, 1.807) is 6.20 Å². The van der Waals surface area contributed by atoms with E-state index in [9.17, 15) is 4.79 Å². The van der Waals surface area contributed by atoms with Crippen LogP contribution in [0, 0.1) is 0 Å². The Balaban J connectivity index is 1.36. The molecule has 0 spiro atoms. The standard InChI is InChI=1S/C18H23N5O/c24-18(17-12-23(22-21-17)15-7-9-19-10-8-15)20-11-14-6-5-13-3-1-2-4-16(13)14/h1-4,12,14-15,19H,5-11H2,(H,20,24). The molecule has 2 N–H and O–H groups in total. The first kappa shape index (κ1) is 15.3. The van der Waals surface area contributed by atoms with Gasteiger partial charge >= 0.3 is 0 Å². The van der Waals surface area contributed by atoms with Crippen LogP contribution in [0.3, 0.4) is 0 Å². The minimum atomic E-state index is -0.125. The van der Waals surface area contributed by atoms with E-state index in [1.807, 2.05) is 4.68 Å². The lowest BCUT2D eigenvalue weighted by Gasteiger charge is -2.22. The van der Waals surface area contributed by atoms with Crippen molar-refractivity contribution < 1.29 is 4.79 Å². The van der Waals surface area contributed by atoms with Crippen LogP contribution in [0.2, 0.25) is 0 Å². The van der Waals surface area contributed by atoms with Crippen LogP contribution >= 0.6 is 0 Å². The Bertz CT molecular complexity index is 720. The van der Waals surface area contributed by atoms with Gasteiger partial charge in [-0.15, -0.1) is 5.10 Å². The molecule has 1 aromatic heterocycles. The number of hydrogen-bond acceptors (Lipinski definition) is 4. The predicted octanol–water partition coefficient (Wildman–Crippen LogP) is 1.66. The Morgan fingerprint density at radius 1 is 1.25 bits per heavy atom. The molecular formula is C18H23N5O. The molecule has 4 rings (SSSR count). The summed E-state index contributed by atoms with van der Waals surface area (Å²) >= 11 is 0. The Hall–Kier alpha value is -2.21. The number of aryl methyl sites for hydroxylation is 1. The summed E-state index contributed by atoms with van der Waals surface area (Å²) < 4.78 is 1.85. The van der Waals surface area contributed by atoms with Crippen molar-refractivity contribution >= 4 is 5.91 Å². The number of nitrogens with zero attached hydrogens (tertiary/aromatic N) is 3. The maximum Gasteiger partial charge on any atom is 0.273 e. The van der Waals surface area contributed by atoms with E-state index >= 15 is 0 Å². The monoisotopic (exact) mass is 325 g/mol. The molecule has 0 radical (unpaired) electrons. The highest BCUT2D eigenvalue weighted by Crippen LogP contribution is 2.32. The number of amides is 1. The van der Waals surface area contributed by atoms with Crippen molar-refractivity contribution in [2.24, 2.45) is 0 Å². The molecule has 2 aliphatic rings. The second-order valence-corrected chi connectivity index (χ2v) is 6.71. The number of fused-ring (bicyclic) bond motifs is 1. The van der Waals surface area contributed by atoms with Gasteiger partial charge in [-0.05, 0) is 49.9 Å². The van der Waals surface area contributed by atoms with Crippen molar-refractivity contribution in [2.75, 3.05) is 19.6 Å². The van der Waals surface area contributed by atoms with E-state index in [2.05, 4.69) is 45.2 Å². The quantitative estimate of drug-likeness (QED) is 0.897. The third kappa shape index (κ3) is 3.06. The normalized spacial score (nSPS) is 20.8. The van der Waals surface area contributed by atoms with Crippen molar-refractivity contribution in [1.29, 1.82) is 0 Å². The first-order valence-corrected chi connectivity index (χ1v) is 8.80. The van der Waals surface area contributed by atoms with Crippen LogP contribution < -0.4 is 10.6 Å². The maximum absolute atomic E-state index is 12.4. The molecular weight excluding hydrogens is 302 g/mol. The fourth-order valence-electron chi connectivity index (χ4n) is 3.79. The van der Waals surface area contributed by atoms with Crippen molar-refractivity contribution in [3.05, 3.63) is 47.3 Å². The van der Waals surface area contributed by atoms with Gasteiger partial charge in [-0.2, -0.15) is 0 Å². The largest absolute Gasteiger partial charge is 0.350 e. The molecule has 6 nitrogen and oxygen atoms in total. The van der Waals surface area contributed by atoms with Crippen LogP contribution in [0.15, 0.2) is 30.5 Å². The second-order valence-electron chi connectivity index (χ2n) is 6.71. The summed E-state index contributed by atoms with van der Waals surface area (Å²) in [5.41, 5.74) is 3.20. The third-order valence-corrected chi connectivity index (χ3v) is 5.19. The van der Waals surface area contributed by atoms with Crippen molar-refractivity contribution in [2.45, 2.75) is 37.6 Å². The van der Waals surface area contributed by atoms with E-state index in [4.69, 9.17) is 0 Å². The molecule has 126 valence electrons. The van der Waals surface area contributed by atoms with Gasteiger partial charge in [0.1, 0.15) is 0 Å². The van der Waals surface area contributed by atoms with E-state index in [1.165, 1.54) is 11.1 Å². The number of piperidine rings is 1. The van der Waals surface area contributed by atoms with Gasteiger partial charge in [0.05, 0.1) is 12.2 Å². The predicted molar refractivity (Wildman–Crippen MR) is 91.0 cm³/mol. The summed E-state index contributed by atoms with van der Waals surface area (Å²) in [6.07, 6.45) is 6.05. The Morgan fingerprint density at radius 2 is 2.08 bits per heavy atom. The zero-order chi connectivity index (χ0) is 16.4. The molecule has 1 saturated heterocycles. The first-order chi connectivity index (χ1) is 11.8. The number of rotatable bonds is 4. The van der Waals surface area contributed by atoms with Crippen molar-refractivity contribution in [3.8, 4) is 0 Å². The van der Waals surface area contributed by atoms with E-state index in [0.717, 1.165) is 38.8 Å². The highest BCUT2D eigenvalue weighted by molar-refractivity contribution is 5.91. The average molecular weight is 325 g/mol. The molecule has 1 aromatic carbocycles. The van der Waals surface area contributed by atoms with Crippen LogP contribution in [-0.4, -0.2) is 40.5 Å². The molecule has 1 fully saturated rings. The lowest BCUT2D eigenvalue weighted by Crippen LogP contribution is -2.30. The van der Waals surface area contributed by atoms with Gasteiger partial charge in [0.25, 0.3) is 5.91 Å². The molecule has 1 aliphatic carbocycles. The van der Waals surface area contributed by atoms with Gasteiger partial charge in [-0.25, -0.2) is 4.68 Å². The molecule has 2 heterocycles. The van der Waals surface area contributed by atoms with Crippen LogP contribution in [0.5, 0.6) is 0 Å². The van der Waals surface area contributed by atoms with E-state index in [-0.39, 0.29) is 5.91 Å². The van der Waals surface area contributed by atoms with Crippen molar-refractivity contribution in [1.82, 2.24) is 25.6 Å². The number of carbonyl (C=O) groups is 1. The lowest BCUT2D eigenvalue weighted by atomic mass is 10.0. The van der Waals surface area contributed by atoms with E-state index in [0.29, 0.717) is 24.2 Å². The Labute approximate surface area is 141 Å². The lowest BCUT2D eigenvalue weighted by molar-refractivity contribution is 0.0946. The molecule has 1 aliphatic heterocycles. The zero-order valence-corrected chi connectivity index (χ0v) is 13.7. The number of benzene rings is 1. The third-order valence-electron chi connectivity index (χ3n) is 5.19. The van der Waals surface area contributed by atoms with Gasteiger partial charge in [-0.1, -0.05) is 29.5 Å². The number of nitrogens with one attached hydrogen (secondary N) is 2. The topological polar surface area (TPSA) is 71.8 Å². The summed E-state index contributed by atoms with van der Waals surface area (Å²) in [4.78, 5) is 12.4. The summed E-state index contributed by atoms with van der Waals surface area (Å²) in [5.74, 6) is 0.282. The molecule has 1 amide bonds. The molecule has 0 bridgehead atoms. The Kier molecular flexibility index (Phi) is 4.30. The highest BCUT2D eigenvalue weighted by Gasteiger charge is 2.23. The molecule has 2 aromatic rings. The van der Waals surface area contributed by atoms with E-state index < -0.39 is 0 Å². The fraction of sp³-hybridized carbons (Fsp3) is 0.500. The summed E-state index contributed by atoms with van der Waals surface area (Å²) in [6.45, 7) is 2.65. The smallest absolute Gasteiger partial charge is 0.273 e. The minimum Gasteiger partial charge on any atom is -0.350 e. The SMILES string of the molecule is O=C(NCC1CCc2ccccc21)c1cn(C2CCNCC2)nn1. The molecule has 24 heavy (non-hydrogen) atoms. The fourth-order valence-corrected chi connectivity index (χ4v) is 3.79. The van der Waals surface area contributed by atoms with Crippen LogP contribution in [-0.2, 0) is 6.42 Å². The number of aromatic nitrogens is 3. The van der Waals surface area contributed by atoms with Gasteiger partial charge in [0, 0.05) is 12.5 Å². The van der Waals surface area contributed by atoms with Gasteiger partial charge in [-0.3, -0.25) is 4.79 Å². The summed E-state index contributed by atoms with van der Waals surface area (Å²) in [7, 11) is 0. The molecule has 6 heteroatoms. The minimum absolute atomic E-state index is 0.125. The highest BCUT2D eigenvalue weighted by atomic mass is 16.2. The van der Waals surface area contributed by atoms with Crippen LogP contribution in [0.1, 0.15) is 52.8 Å². The Morgan fingerprint density at radius 3 is 2.96 bits per heavy atom. The number of carbonyl (C=O) groups excluding carboxylic acids is 1. The van der Waals surface area contributed by atoms with Gasteiger partial charge in [0.2, 0.25) is 0 Å². The molecule has 1 atom stereocenters. The van der Waals surface area contributed by atoms with Crippen LogP contribution in [0.4, 0.5) is 0 Å². The first-order valence-electron chi connectivity index (χ1n) is 8.80. The average Bonchev–Trinajstić information content (AvgIpc) is 3.28. The van der Waals surface area contributed by atoms with Crippen molar-refractivity contribution in [3.63, 3.8) is 0 Å². The summed E-state index contributed by atoms with van der Waals surface area (Å²) in [6, 6.07) is 8.86.